The Kier molecular flexibility index (Phi) is 13.3. The van der Waals surface area contributed by atoms with Gasteiger partial charge >= 0.3 is 5.97 Å². The summed E-state index contributed by atoms with van der Waals surface area (Å²) in [6, 6.07) is 3.59. The molecule has 4 atom stereocenters. The van der Waals surface area contributed by atoms with Crippen LogP contribution in [0, 0.1) is 11.8 Å². The van der Waals surface area contributed by atoms with Gasteiger partial charge in [0.05, 0.1) is 6.04 Å². The van der Waals surface area contributed by atoms with E-state index in [1.165, 1.54) is 0 Å². The van der Waals surface area contributed by atoms with Crippen LogP contribution in [0.1, 0.15) is 58.9 Å². The number of carbonyl (C=O) groups is 4. The number of aliphatic imine (C=N–C) groups is 1. The van der Waals surface area contributed by atoms with E-state index in [4.69, 9.17) is 17.2 Å². The van der Waals surface area contributed by atoms with Crippen molar-refractivity contribution in [1.29, 1.82) is 0 Å². The predicted octanol–water partition coefficient (Wildman–Crippen LogP) is 0.723. The summed E-state index contributed by atoms with van der Waals surface area (Å²) < 4.78 is 0. The molecule has 4 unspecified atom stereocenters. The summed E-state index contributed by atoms with van der Waals surface area (Å²) >= 11 is 0. The number of rotatable bonds is 17. The lowest BCUT2D eigenvalue weighted by atomic mass is 10.00. The number of nitrogens with zero attached hydrogens (tertiary/aromatic N) is 1. The van der Waals surface area contributed by atoms with E-state index >= 15 is 0 Å². The Balaban J connectivity index is 2.16. The first-order valence-corrected chi connectivity index (χ1v) is 14.3. The molecule has 1 heterocycles. The highest BCUT2D eigenvalue weighted by Gasteiger charge is 2.31. The van der Waals surface area contributed by atoms with Crippen LogP contribution in [0.3, 0.4) is 0 Å². The van der Waals surface area contributed by atoms with Crippen LogP contribution >= 0.6 is 0 Å². The Morgan fingerprint density at radius 3 is 2.07 bits per heavy atom. The number of benzene rings is 1. The van der Waals surface area contributed by atoms with Gasteiger partial charge in [-0.2, -0.15) is 0 Å². The van der Waals surface area contributed by atoms with Crippen molar-refractivity contribution in [2.45, 2.75) is 84.0 Å². The molecule has 0 radical (unpaired) electrons. The van der Waals surface area contributed by atoms with Crippen molar-refractivity contribution in [2.75, 3.05) is 6.54 Å². The average molecular weight is 587 g/mol. The number of aliphatic carboxylic acids is 1. The molecule has 1 aromatic carbocycles. The monoisotopic (exact) mass is 586 g/mol. The van der Waals surface area contributed by atoms with Gasteiger partial charge in [0.15, 0.2) is 5.96 Å². The van der Waals surface area contributed by atoms with Crippen LogP contribution < -0.4 is 33.2 Å². The molecule has 0 aliphatic rings. The number of hydrogen-bond acceptors (Lipinski definition) is 6. The average Bonchev–Trinajstić information content (AvgIpc) is 3.31. The number of hydrogen-bond donors (Lipinski definition) is 8. The van der Waals surface area contributed by atoms with Crippen molar-refractivity contribution in [3.63, 3.8) is 0 Å². The molecule has 0 aliphatic heterocycles. The molecule has 232 valence electrons. The number of H-pyrrole nitrogens is 1. The largest absolute Gasteiger partial charge is 0.480 e. The van der Waals surface area contributed by atoms with Crippen molar-refractivity contribution in [3.8, 4) is 0 Å². The first kappa shape index (κ1) is 34.1. The normalized spacial score (nSPS) is 14.2. The molecule has 2 aromatic rings. The first-order chi connectivity index (χ1) is 19.8. The second-order valence-corrected chi connectivity index (χ2v) is 11.4. The predicted molar refractivity (Wildman–Crippen MR) is 162 cm³/mol. The topological polar surface area (TPSA) is 231 Å². The van der Waals surface area contributed by atoms with Crippen molar-refractivity contribution < 1.29 is 24.3 Å². The minimum atomic E-state index is -1.17. The summed E-state index contributed by atoms with van der Waals surface area (Å²) in [4.78, 5) is 58.5. The van der Waals surface area contributed by atoms with Gasteiger partial charge in [-0.05, 0) is 55.6 Å². The Bertz CT molecular complexity index is 1240. The fraction of sp³-hybridized carbons (Fsp3) is 0.552. The van der Waals surface area contributed by atoms with Gasteiger partial charge in [0.1, 0.15) is 18.1 Å². The lowest BCUT2D eigenvalue weighted by Gasteiger charge is -2.26. The maximum Gasteiger partial charge on any atom is 0.326 e. The SMILES string of the molecule is CC(C)CC(NC(=O)C(CCCN=C(N)N)NC(=O)C(CC(C)C)NC(=O)C(N)Cc1c[nH]c2ccccc12)C(=O)O. The zero-order valence-corrected chi connectivity index (χ0v) is 24.9. The summed E-state index contributed by atoms with van der Waals surface area (Å²) in [6.45, 7) is 7.71. The Labute approximate surface area is 246 Å². The molecule has 3 amide bonds. The van der Waals surface area contributed by atoms with E-state index in [2.05, 4.69) is 25.9 Å². The van der Waals surface area contributed by atoms with Gasteiger partial charge in [-0.1, -0.05) is 45.9 Å². The second-order valence-electron chi connectivity index (χ2n) is 11.4. The third-order valence-corrected chi connectivity index (χ3v) is 6.69. The standard InChI is InChI=1S/C29H46N8O5/c1-16(2)12-23(36-25(38)20(30)14-18-15-34-21-9-6-5-8-19(18)21)27(40)35-22(10-7-11-33-29(31)32)26(39)37-24(28(41)42)13-17(3)4/h5-6,8-9,15-17,20,22-24,34H,7,10-14,30H2,1-4H3,(H,35,40)(H,36,38)(H,37,39)(H,41,42)(H4,31,32,33). The molecule has 0 bridgehead atoms. The van der Waals surface area contributed by atoms with Crippen molar-refractivity contribution in [3.05, 3.63) is 36.0 Å². The molecule has 11 N–H and O–H groups in total. The Hall–Kier alpha value is -4.13. The molecule has 13 nitrogen and oxygen atoms in total. The van der Waals surface area contributed by atoms with Gasteiger partial charge in [-0.3, -0.25) is 19.4 Å². The van der Waals surface area contributed by atoms with E-state index in [-0.39, 0.29) is 43.6 Å². The van der Waals surface area contributed by atoms with Gasteiger partial charge in [0, 0.05) is 23.6 Å². The number of nitrogens with one attached hydrogen (secondary N) is 4. The zero-order chi connectivity index (χ0) is 31.4. The number of fused-ring (bicyclic) bond motifs is 1. The molecule has 13 heteroatoms. The van der Waals surface area contributed by atoms with Crippen LogP contribution in [0.4, 0.5) is 0 Å². The van der Waals surface area contributed by atoms with E-state index < -0.39 is 47.9 Å². The van der Waals surface area contributed by atoms with Crippen LogP contribution in [0.15, 0.2) is 35.5 Å². The molecule has 0 spiro atoms. The lowest BCUT2D eigenvalue weighted by Crippen LogP contribution is -2.57. The highest BCUT2D eigenvalue weighted by molar-refractivity contribution is 5.94. The number of para-hydroxylation sites is 1. The van der Waals surface area contributed by atoms with Gasteiger partial charge in [-0.25, -0.2) is 4.79 Å². The van der Waals surface area contributed by atoms with Crippen molar-refractivity contribution >= 4 is 40.6 Å². The molecule has 1 aromatic heterocycles. The fourth-order valence-electron chi connectivity index (χ4n) is 4.62. The number of nitrogens with two attached hydrogens (primary N) is 3. The summed E-state index contributed by atoms with van der Waals surface area (Å²) in [6.07, 6.45) is 3.07. The molecule has 0 saturated heterocycles. The van der Waals surface area contributed by atoms with Gasteiger partial charge in [0.25, 0.3) is 0 Å². The van der Waals surface area contributed by atoms with E-state index in [1.807, 2.05) is 58.2 Å². The number of carboxylic acid groups (broad SMARTS) is 1. The van der Waals surface area contributed by atoms with E-state index in [0.717, 1.165) is 16.5 Å². The summed E-state index contributed by atoms with van der Waals surface area (Å²) in [5.74, 6) is -2.95. The van der Waals surface area contributed by atoms with Crippen molar-refractivity contribution in [2.24, 2.45) is 34.0 Å². The highest BCUT2D eigenvalue weighted by atomic mass is 16.4. The molecule has 0 aliphatic carbocycles. The first-order valence-electron chi connectivity index (χ1n) is 14.3. The van der Waals surface area contributed by atoms with Crippen molar-refractivity contribution in [1.82, 2.24) is 20.9 Å². The van der Waals surface area contributed by atoms with E-state index in [1.54, 1.807) is 0 Å². The lowest BCUT2D eigenvalue weighted by molar-refractivity contribution is -0.142. The summed E-state index contributed by atoms with van der Waals surface area (Å²) in [5, 5.41) is 18.5. The fourth-order valence-corrected chi connectivity index (χ4v) is 4.62. The van der Waals surface area contributed by atoms with Crippen LogP contribution in [0.25, 0.3) is 10.9 Å². The molecular formula is C29H46N8O5. The van der Waals surface area contributed by atoms with E-state index in [0.29, 0.717) is 12.8 Å². The molecular weight excluding hydrogens is 540 g/mol. The molecule has 0 fully saturated rings. The molecule has 2 rings (SSSR count). The minimum absolute atomic E-state index is 0.0143. The minimum Gasteiger partial charge on any atom is -0.480 e. The van der Waals surface area contributed by atoms with Crippen LogP contribution in [-0.2, 0) is 25.6 Å². The highest BCUT2D eigenvalue weighted by Crippen LogP contribution is 2.19. The Morgan fingerprint density at radius 2 is 1.45 bits per heavy atom. The van der Waals surface area contributed by atoms with Gasteiger partial charge in [0.2, 0.25) is 17.7 Å². The summed E-state index contributed by atoms with van der Waals surface area (Å²) in [7, 11) is 0. The van der Waals surface area contributed by atoms with E-state index in [9.17, 15) is 24.3 Å². The number of guanidine groups is 1. The molecule has 42 heavy (non-hydrogen) atoms. The quantitative estimate of drug-likeness (QED) is 0.0746. The van der Waals surface area contributed by atoms with Crippen LogP contribution in [0.2, 0.25) is 0 Å². The summed E-state index contributed by atoms with van der Waals surface area (Å²) in [5.41, 5.74) is 18.8. The maximum atomic E-state index is 13.4. The third kappa shape index (κ3) is 11.0. The second kappa shape index (κ2) is 16.3. The number of carboxylic acids is 1. The maximum absolute atomic E-state index is 13.4. The molecule has 0 saturated carbocycles. The Morgan fingerprint density at radius 1 is 0.881 bits per heavy atom. The zero-order valence-electron chi connectivity index (χ0n) is 24.9. The van der Waals surface area contributed by atoms with Gasteiger partial charge < -0.3 is 43.2 Å². The van der Waals surface area contributed by atoms with Crippen LogP contribution in [0.5, 0.6) is 0 Å². The number of aromatic nitrogens is 1. The van der Waals surface area contributed by atoms with Crippen LogP contribution in [-0.4, -0.2) is 70.5 Å². The smallest absolute Gasteiger partial charge is 0.326 e. The van der Waals surface area contributed by atoms with Gasteiger partial charge in [-0.15, -0.1) is 0 Å². The number of carbonyl (C=O) groups excluding carboxylic acids is 3. The third-order valence-electron chi connectivity index (χ3n) is 6.69. The number of amides is 3. The number of aromatic amines is 1.